The van der Waals surface area contributed by atoms with Crippen LogP contribution in [0.25, 0.3) is 0 Å². The Kier molecular flexibility index (Phi) is 3.10. The zero-order valence-electron chi connectivity index (χ0n) is 9.31. The van der Waals surface area contributed by atoms with Crippen molar-refractivity contribution in [1.29, 1.82) is 0 Å². The van der Waals surface area contributed by atoms with E-state index in [1.807, 2.05) is 6.92 Å². The third-order valence-electron chi connectivity index (χ3n) is 2.94. The molecular formula is C12H16N2O2. The van der Waals surface area contributed by atoms with E-state index in [4.69, 9.17) is 0 Å². The standard InChI is InChI=1S/C12H16N2O2/c1-2-14(9-7-13-8-9)12(16)10-5-3-4-6-11(10)15/h3-6,9,13,15H,2,7-8H2,1H3. The van der Waals surface area contributed by atoms with Crippen molar-refractivity contribution in [2.45, 2.75) is 13.0 Å². The molecule has 0 atom stereocenters. The van der Waals surface area contributed by atoms with Gasteiger partial charge in [-0.25, -0.2) is 0 Å². The number of nitrogens with one attached hydrogen (secondary N) is 1. The van der Waals surface area contributed by atoms with Crippen LogP contribution in [0.2, 0.25) is 0 Å². The zero-order valence-corrected chi connectivity index (χ0v) is 9.31. The van der Waals surface area contributed by atoms with Gasteiger partial charge in [-0.05, 0) is 19.1 Å². The van der Waals surface area contributed by atoms with Crippen molar-refractivity contribution in [3.8, 4) is 5.75 Å². The van der Waals surface area contributed by atoms with Crippen LogP contribution in [-0.4, -0.2) is 41.6 Å². The molecule has 86 valence electrons. The molecule has 2 rings (SSSR count). The Bertz CT molecular complexity index is 388. The van der Waals surface area contributed by atoms with Crippen molar-refractivity contribution in [3.05, 3.63) is 29.8 Å². The molecule has 1 saturated heterocycles. The van der Waals surface area contributed by atoms with E-state index in [9.17, 15) is 9.90 Å². The summed E-state index contributed by atoms with van der Waals surface area (Å²) in [5.41, 5.74) is 0.385. The number of hydrogen-bond acceptors (Lipinski definition) is 3. The number of para-hydroxylation sites is 1. The summed E-state index contributed by atoms with van der Waals surface area (Å²) in [6, 6.07) is 6.94. The lowest BCUT2D eigenvalue weighted by atomic mass is 10.1. The second kappa shape index (κ2) is 4.53. The molecule has 1 amide bonds. The highest BCUT2D eigenvalue weighted by atomic mass is 16.3. The Hall–Kier alpha value is -1.55. The predicted octanol–water partition coefficient (Wildman–Crippen LogP) is 0.826. The topological polar surface area (TPSA) is 52.6 Å². The van der Waals surface area contributed by atoms with Gasteiger partial charge in [-0.1, -0.05) is 12.1 Å². The molecule has 0 aromatic heterocycles. The van der Waals surface area contributed by atoms with Crippen LogP contribution >= 0.6 is 0 Å². The van der Waals surface area contributed by atoms with Gasteiger partial charge in [0.25, 0.3) is 5.91 Å². The number of benzene rings is 1. The molecule has 2 N–H and O–H groups in total. The summed E-state index contributed by atoms with van der Waals surface area (Å²) in [5, 5.41) is 12.8. The van der Waals surface area contributed by atoms with Crippen LogP contribution in [-0.2, 0) is 0 Å². The highest BCUT2D eigenvalue weighted by molar-refractivity contribution is 5.97. The Morgan fingerprint density at radius 1 is 1.50 bits per heavy atom. The van der Waals surface area contributed by atoms with Crippen molar-refractivity contribution in [2.75, 3.05) is 19.6 Å². The molecule has 4 heteroatoms. The van der Waals surface area contributed by atoms with Crippen LogP contribution in [0.5, 0.6) is 5.75 Å². The minimum atomic E-state index is -0.0906. The highest BCUT2D eigenvalue weighted by Gasteiger charge is 2.28. The first-order chi connectivity index (χ1) is 7.74. The van der Waals surface area contributed by atoms with E-state index >= 15 is 0 Å². The highest BCUT2D eigenvalue weighted by Crippen LogP contribution is 2.19. The van der Waals surface area contributed by atoms with Gasteiger partial charge in [-0.3, -0.25) is 4.79 Å². The number of phenols is 1. The number of carbonyl (C=O) groups excluding carboxylic acids is 1. The van der Waals surface area contributed by atoms with E-state index in [0.717, 1.165) is 13.1 Å². The smallest absolute Gasteiger partial charge is 0.257 e. The van der Waals surface area contributed by atoms with Crippen LogP contribution in [0, 0.1) is 0 Å². The molecule has 0 unspecified atom stereocenters. The number of nitrogens with zero attached hydrogens (tertiary/aromatic N) is 1. The number of rotatable bonds is 3. The summed E-state index contributed by atoms with van der Waals surface area (Å²) in [6.45, 7) is 4.30. The van der Waals surface area contributed by atoms with E-state index in [1.54, 1.807) is 29.2 Å². The Morgan fingerprint density at radius 3 is 2.69 bits per heavy atom. The normalized spacial score (nSPS) is 15.6. The summed E-state index contributed by atoms with van der Waals surface area (Å²) < 4.78 is 0. The first kappa shape index (κ1) is 11.0. The van der Waals surface area contributed by atoms with Gasteiger partial charge in [-0.2, -0.15) is 0 Å². The van der Waals surface area contributed by atoms with Gasteiger partial charge in [0.15, 0.2) is 0 Å². The molecule has 1 aliphatic heterocycles. The molecule has 1 aromatic rings. The lowest BCUT2D eigenvalue weighted by Crippen LogP contribution is -2.58. The van der Waals surface area contributed by atoms with Crippen LogP contribution in [0.1, 0.15) is 17.3 Å². The molecule has 0 aliphatic carbocycles. The Labute approximate surface area is 94.9 Å². The summed E-state index contributed by atoms with van der Waals surface area (Å²) in [4.78, 5) is 14.0. The average Bonchev–Trinajstić information content (AvgIpc) is 2.23. The van der Waals surface area contributed by atoms with Crippen molar-refractivity contribution in [3.63, 3.8) is 0 Å². The van der Waals surface area contributed by atoms with Gasteiger partial charge in [0.2, 0.25) is 0 Å². The van der Waals surface area contributed by atoms with Gasteiger partial charge < -0.3 is 15.3 Å². The average molecular weight is 220 g/mol. The third kappa shape index (κ3) is 1.88. The van der Waals surface area contributed by atoms with Crippen molar-refractivity contribution < 1.29 is 9.90 Å². The van der Waals surface area contributed by atoms with Gasteiger partial charge in [0.1, 0.15) is 5.75 Å². The number of hydrogen-bond donors (Lipinski definition) is 2. The molecule has 4 nitrogen and oxygen atoms in total. The maximum absolute atomic E-state index is 12.2. The maximum Gasteiger partial charge on any atom is 0.257 e. The number of aromatic hydroxyl groups is 1. The summed E-state index contributed by atoms with van der Waals surface area (Å²) in [7, 11) is 0. The van der Waals surface area contributed by atoms with E-state index < -0.39 is 0 Å². The number of likely N-dealkylation sites (N-methyl/N-ethyl adjacent to an activating group) is 1. The Balaban J connectivity index is 2.19. The monoisotopic (exact) mass is 220 g/mol. The maximum atomic E-state index is 12.2. The SMILES string of the molecule is CCN(C(=O)c1ccccc1O)C1CNC1. The van der Waals surface area contributed by atoms with Gasteiger partial charge in [-0.15, -0.1) is 0 Å². The van der Waals surface area contributed by atoms with Gasteiger partial charge in [0.05, 0.1) is 11.6 Å². The minimum Gasteiger partial charge on any atom is -0.507 e. The lowest BCUT2D eigenvalue weighted by Gasteiger charge is -2.37. The summed E-state index contributed by atoms with van der Waals surface area (Å²) >= 11 is 0. The number of amides is 1. The molecule has 1 aliphatic rings. The molecule has 0 saturated carbocycles. The fourth-order valence-corrected chi connectivity index (χ4v) is 1.87. The van der Waals surface area contributed by atoms with E-state index in [2.05, 4.69) is 5.32 Å². The van der Waals surface area contributed by atoms with Crippen LogP contribution in [0.3, 0.4) is 0 Å². The molecule has 1 heterocycles. The van der Waals surface area contributed by atoms with E-state index in [0.29, 0.717) is 12.1 Å². The summed E-state index contributed by atoms with van der Waals surface area (Å²) in [6.07, 6.45) is 0. The van der Waals surface area contributed by atoms with Crippen molar-refractivity contribution in [1.82, 2.24) is 10.2 Å². The van der Waals surface area contributed by atoms with Crippen molar-refractivity contribution >= 4 is 5.91 Å². The third-order valence-corrected chi connectivity index (χ3v) is 2.94. The van der Waals surface area contributed by atoms with Crippen LogP contribution in [0.4, 0.5) is 0 Å². The largest absolute Gasteiger partial charge is 0.507 e. The number of carbonyl (C=O) groups is 1. The molecule has 1 fully saturated rings. The molecule has 16 heavy (non-hydrogen) atoms. The molecule has 1 aromatic carbocycles. The van der Waals surface area contributed by atoms with Gasteiger partial charge >= 0.3 is 0 Å². The summed E-state index contributed by atoms with van der Waals surface area (Å²) in [5.74, 6) is -0.0367. The quantitative estimate of drug-likeness (QED) is 0.793. The second-order valence-electron chi connectivity index (χ2n) is 3.92. The van der Waals surface area contributed by atoms with Gasteiger partial charge in [0, 0.05) is 19.6 Å². The fraction of sp³-hybridized carbons (Fsp3) is 0.417. The molecule has 0 bridgehead atoms. The lowest BCUT2D eigenvalue weighted by molar-refractivity contribution is 0.0627. The van der Waals surface area contributed by atoms with Crippen LogP contribution < -0.4 is 5.32 Å². The molecular weight excluding hydrogens is 204 g/mol. The first-order valence-corrected chi connectivity index (χ1v) is 5.53. The first-order valence-electron chi connectivity index (χ1n) is 5.53. The fourth-order valence-electron chi connectivity index (χ4n) is 1.87. The van der Waals surface area contributed by atoms with E-state index in [1.165, 1.54) is 0 Å². The predicted molar refractivity (Wildman–Crippen MR) is 61.5 cm³/mol. The molecule has 0 radical (unpaired) electrons. The Morgan fingerprint density at radius 2 is 2.19 bits per heavy atom. The van der Waals surface area contributed by atoms with E-state index in [-0.39, 0.29) is 17.7 Å². The molecule has 0 spiro atoms. The zero-order chi connectivity index (χ0) is 11.5. The van der Waals surface area contributed by atoms with Crippen molar-refractivity contribution in [2.24, 2.45) is 0 Å². The second-order valence-corrected chi connectivity index (χ2v) is 3.92. The van der Waals surface area contributed by atoms with Crippen LogP contribution in [0.15, 0.2) is 24.3 Å². The minimum absolute atomic E-state index is 0.0539. The number of phenolic OH excluding ortho intramolecular Hbond substituents is 1.